The van der Waals surface area contributed by atoms with Crippen LogP contribution in [0.2, 0.25) is 0 Å². The minimum absolute atomic E-state index is 0. The minimum Gasteiger partial charge on any atom is -0.352 e. The third kappa shape index (κ3) is 5.57. The lowest BCUT2D eigenvalue weighted by Gasteiger charge is -2.21. The zero-order valence-corrected chi connectivity index (χ0v) is 18.2. The Morgan fingerprint density at radius 3 is 2.71 bits per heavy atom. The second kappa shape index (κ2) is 10.5. The molecule has 2 N–H and O–H groups in total. The number of aromatic nitrogens is 2. The zero-order chi connectivity index (χ0) is 19.1. The molecule has 2 aromatic carbocycles. The van der Waals surface area contributed by atoms with Crippen LogP contribution in [0.5, 0.6) is 0 Å². The van der Waals surface area contributed by atoms with Crippen LogP contribution >= 0.6 is 24.0 Å². The van der Waals surface area contributed by atoms with Crippen molar-refractivity contribution in [2.24, 2.45) is 4.99 Å². The number of nitrogens with one attached hydrogen (secondary N) is 2. The predicted octanol–water partition coefficient (Wildman–Crippen LogP) is 3.77. The van der Waals surface area contributed by atoms with Crippen molar-refractivity contribution in [1.29, 1.82) is 5.26 Å². The number of halogens is 1. The number of H-pyrrole nitrogens is 1. The van der Waals surface area contributed by atoms with E-state index in [-0.39, 0.29) is 24.0 Å². The Bertz CT molecular complexity index is 958. The molecule has 0 radical (unpaired) electrons. The first-order chi connectivity index (χ1) is 13.2. The van der Waals surface area contributed by atoms with Crippen molar-refractivity contribution >= 4 is 29.9 Å². The van der Waals surface area contributed by atoms with E-state index in [0.29, 0.717) is 18.7 Å². The number of nitrogens with zero attached hydrogens (tertiary/aromatic N) is 4. The first kappa shape index (κ1) is 21.4. The van der Waals surface area contributed by atoms with Crippen molar-refractivity contribution in [2.75, 3.05) is 14.1 Å². The van der Waals surface area contributed by atoms with Gasteiger partial charge in [-0.3, -0.25) is 4.99 Å². The Hall–Kier alpha value is -2.86. The monoisotopic (exact) mass is 486 g/mol. The molecule has 0 fully saturated rings. The lowest BCUT2D eigenvalue weighted by atomic mass is 10.1. The molecule has 0 saturated heterocycles. The first-order valence-corrected chi connectivity index (χ1v) is 8.69. The molecule has 28 heavy (non-hydrogen) atoms. The second-order valence-electron chi connectivity index (χ2n) is 6.18. The summed E-state index contributed by atoms with van der Waals surface area (Å²) in [5.74, 6) is 1.63. The van der Waals surface area contributed by atoms with Crippen molar-refractivity contribution in [3.8, 4) is 17.3 Å². The Kier molecular flexibility index (Phi) is 8.02. The summed E-state index contributed by atoms with van der Waals surface area (Å²) in [6.45, 7) is 1.20. The van der Waals surface area contributed by atoms with Crippen molar-refractivity contribution in [2.45, 2.75) is 13.1 Å². The highest BCUT2D eigenvalue weighted by molar-refractivity contribution is 14.0. The molecule has 0 aliphatic rings. The molecule has 0 saturated carbocycles. The van der Waals surface area contributed by atoms with Crippen LogP contribution in [-0.4, -0.2) is 34.9 Å². The number of imidazole rings is 1. The van der Waals surface area contributed by atoms with Crippen LogP contribution in [-0.2, 0) is 13.1 Å². The van der Waals surface area contributed by atoms with E-state index in [4.69, 9.17) is 5.26 Å². The van der Waals surface area contributed by atoms with Gasteiger partial charge >= 0.3 is 0 Å². The highest BCUT2D eigenvalue weighted by Crippen LogP contribution is 2.16. The molecule has 0 atom stereocenters. The highest BCUT2D eigenvalue weighted by atomic mass is 127. The van der Waals surface area contributed by atoms with Gasteiger partial charge in [0, 0.05) is 20.6 Å². The molecule has 0 aliphatic heterocycles. The lowest BCUT2D eigenvalue weighted by molar-refractivity contribution is 0.464. The highest BCUT2D eigenvalue weighted by Gasteiger charge is 2.10. The fourth-order valence-electron chi connectivity index (χ4n) is 2.82. The van der Waals surface area contributed by atoms with Crippen molar-refractivity contribution < 1.29 is 0 Å². The van der Waals surface area contributed by atoms with Gasteiger partial charge in [0.2, 0.25) is 0 Å². The van der Waals surface area contributed by atoms with Crippen molar-refractivity contribution in [1.82, 2.24) is 20.2 Å². The maximum atomic E-state index is 9.01. The second-order valence-corrected chi connectivity index (χ2v) is 6.18. The lowest BCUT2D eigenvalue weighted by Crippen LogP contribution is -2.38. The van der Waals surface area contributed by atoms with Gasteiger partial charge in [-0.1, -0.05) is 42.5 Å². The number of hydrogen-bond donors (Lipinski definition) is 2. The quantitative estimate of drug-likeness (QED) is 0.327. The van der Waals surface area contributed by atoms with E-state index in [1.165, 1.54) is 0 Å². The summed E-state index contributed by atoms with van der Waals surface area (Å²) in [6.07, 6.45) is 1.85. The number of aliphatic imine (C=N–C) groups is 1. The Balaban J connectivity index is 0.00000280. The smallest absolute Gasteiger partial charge is 0.194 e. The molecule has 0 spiro atoms. The molecule has 144 valence electrons. The van der Waals surface area contributed by atoms with Crippen molar-refractivity contribution in [3.05, 3.63) is 77.7 Å². The standard InChI is InChI=1S/C21H22N6.HI/c1-23-21(25-13-17-8-6-7-16(11-17)12-22)27(2)15-20-24-14-19(26-20)18-9-4-3-5-10-18;/h3-11,14H,13,15H2,1-2H3,(H,23,25)(H,24,26);1H. The average Bonchev–Trinajstić information content (AvgIpc) is 3.18. The number of nitriles is 1. The average molecular weight is 486 g/mol. The number of aromatic amines is 1. The summed E-state index contributed by atoms with van der Waals surface area (Å²) in [4.78, 5) is 14.2. The maximum Gasteiger partial charge on any atom is 0.194 e. The molecule has 0 amide bonds. The molecular weight excluding hydrogens is 463 g/mol. The van der Waals surface area contributed by atoms with Crippen LogP contribution in [0.4, 0.5) is 0 Å². The van der Waals surface area contributed by atoms with Gasteiger partial charge in [-0.25, -0.2) is 4.98 Å². The summed E-state index contributed by atoms with van der Waals surface area (Å²) in [7, 11) is 3.72. The van der Waals surface area contributed by atoms with Gasteiger partial charge < -0.3 is 15.2 Å². The summed E-state index contributed by atoms with van der Waals surface area (Å²) in [5, 5.41) is 12.3. The third-order valence-corrected chi connectivity index (χ3v) is 4.18. The van der Waals surface area contributed by atoms with Crippen LogP contribution in [0.15, 0.2) is 65.8 Å². The van der Waals surface area contributed by atoms with Crippen LogP contribution in [0.3, 0.4) is 0 Å². The molecule has 3 aromatic rings. The van der Waals surface area contributed by atoms with Crippen LogP contribution in [0.1, 0.15) is 17.0 Å². The van der Waals surface area contributed by atoms with E-state index in [1.807, 2.05) is 54.5 Å². The third-order valence-electron chi connectivity index (χ3n) is 4.18. The summed E-state index contributed by atoms with van der Waals surface area (Å²) in [6, 6.07) is 19.8. The molecule has 0 bridgehead atoms. The van der Waals surface area contributed by atoms with Gasteiger partial charge in [0.15, 0.2) is 5.96 Å². The van der Waals surface area contributed by atoms with Crippen LogP contribution in [0.25, 0.3) is 11.3 Å². The number of rotatable bonds is 5. The molecular formula is C21H23IN6. The Labute approximate surface area is 182 Å². The van der Waals surface area contributed by atoms with Gasteiger partial charge in [0.1, 0.15) is 5.82 Å². The SMILES string of the molecule is CN=C(NCc1cccc(C#N)c1)N(C)Cc1ncc(-c2ccccc2)[nH]1.I. The predicted molar refractivity (Wildman–Crippen MR) is 122 cm³/mol. The Morgan fingerprint density at radius 1 is 1.21 bits per heavy atom. The van der Waals surface area contributed by atoms with E-state index in [0.717, 1.165) is 28.6 Å². The zero-order valence-electron chi connectivity index (χ0n) is 15.9. The normalized spacial score (nSPS) is 10.7. The van der Waals surface area contributed by atoms with Gasteiger partial charge in [-0.15, -0.1) is 24.0 Å². The topological polar surface area (TPSA) is 80.1 Å². The number of guanidine groups is 1. The van der Waals surface area contributed by atoms with E-state index in [9.17, 15) is 0 Å². The first-order valence-electron chi connectivity index (χ1n) is 8.69. The van der Waals surface area contributed by atoms with Gasteiger partial charge in [0.25, 0.3) is 0 Å². The van der Waals surface area contributed by atoms with Gasteiger partial charge in [-0.2, -0.15) is 5.26 Å². The largest absolute Gasteiger partial charge is 0.352 e. The van der Waals surface area contributed by atoms with E-state index in [1.54, 1.807) is 13.1 Å². The molecule has 7 heteroatoms. The summed E-state index contributed by atoms with van der Waals surface area (Å²) >= 11 is 0. The van der Waals surface area contributed by atoms with E-state index >= 15 is 0 Å². The summed E-state index contributed by atoms with van der Waals surface area (Å²) in [5.41, 5.74) is 3.80. The van der Waals surface area contributed by atoms with E-state index in [2.05, 4.69) is 38.5 Å². The Morgan fingerprint density at radius 2 is 2.00 bits per heavy atom. The fourth-order valence-corrected chi connectivity index (χ4v) is 2.82. The molecule has 6 nitrogen and oxygen atoms in total. The molecule has 0 aliphatic carbocycles. The molecule has 0 unspecified atom stereocenters. The fraction of sp³-hybridized carbons (Fsp3) is 0.190. The molecule has 1 aromatic heterocycles. The van der Waals surface area contributed by atoms with Gasteiger partial charge in [-0.05, 0) is 23.3 Å². The van der Waals surface area contributed by atoms with E-state index < -0.39 is 0 Å². The summed E-state index contributed by atoms with van der Waals surface area (Å²) < 4.78 is 0. The van der Waals surface area contributed by atoms with Gasteiger partial charge in [0.05, 0.1) is 30.1 Å². The maximum absolute atomic E-state index is 9.01. The molecule has 1 heterocycles. The number of benzene rings is 2. The van der Waals surface area contributed by atoms with Crippen LogP contribution in [0, 0.1) is 11.3 Å². The minimum atomic E-state index is 0. The van der Waals surface area contributed by atoms with Crippen LogP contribution < -0.4 is 5.32 Å². The molecule has 3 rings (SSSR count). The number of hydrogen-bond acceptors (Lipinski definition) is 3. The van der Waals surface area contributed by atoms with Crippen molar-refractivity contribution in [3.63, 3.8) is 0 Å².